The molecule has 2 aliphatic heterocycles. The van der Waals surface area contributed by atoms with E-state index in [9.17, 15) is 28.8 Å². The number of aliphatic carboxylic acids is 2. The molecule has 10 rings (SSSR count). The molecule has 6 N–H and O–H groups in total. The maximum Gasteiger partial charge on any atom is 0.324 e. The molecule has 3 unspecified atom stereocenters. The topological polar surface area (TPSA) is 293 Å². The number of nitrogens with one attached hydrogen (secondary N) is 4. The van der Waals surface area contributed by atoms with Crippen molar-refractivity contribution < 1.29 is 67.5 Å². The van der Waals surface area contributed by atoms with Crippen LogP contribution in [0, 0.1) is 17.2 Å². The number of H-pyrrole nitrogens is 4. The molecule has 0 spiro atoms. The zero-order valence-corrected chi connectivity index (χ0v) is 46.0. The van der Waals surface area contributed by atoms with Gasteiger partial charge in [-0.05, 0) is 71.2 Å². The number of fused-ring (bicyclic) bond motifs is 4. The van der Waals surface area contributed by atoms with Crippen LogP contribution in [-0.2, 0) is 57.2 Å². The lowest BCUT2D eigenvalue weighted by atomic mass is 9.86. The number of nitrogens with zero attached hydrogens (tertiary/aromatic N) is 1. The van der Waals surface area contributed by atoms with Gasteiger partial charge >= 0.3 is 35.8 Å². The number of aromatic nitrogens is 4. The molecule has 2 aliphatic rings. The summed E-state index contributed by atoms with van der Waals surface area (Å²) in [4.78, 5) is 89.2. The summed E-state index contributed by atoms with van der Waals surface area (Å²) in [5.74, 6) is -7.15. The van der Waals surface area contributed by atoms with Crippen LogP contribution in [-0.4, -0.2) is 90.1 Å². The van der Waals surface area contributed by atoms with E-state index < -0.39 is 53.3 Å². The number of carbonyl (C=O) groups is 7. The van der Waals surface area contributed by atoms with E-state index >= 15 is 0 Å². The standard InChI is InChI=1S/C16H17NO4.C14H17NO2.C12H13NO2.C8H7N.C6H8O4.C2H3N.C2H4O2/c1-9(11-8-17-12-7-5-4-6-10(11)12)13-14(18)20-16(2,3)21-15(13)19;1-3-17-14(16)8-10(2)12-9-15-13-7-5-4-6-11(12)13;1-8(6-12(14)15)10-7-13-11-5-3-2-4-9(10)11;1-2-4-8-7(3-1)5-6-9-8;1-6(2)9-4(7)3-5(8)10-6;1-2-3;1-2(3)4/h4-9,13,17H,1-3H3;4-7,9-10,15H,3,8H2,1-2H3;2-5,7-8,13H,6H2,1H3,(H,14,15);1-6,9H;3H2,1-2H3;1H3;1H3,(H,3,4). The number of para-hydroxylation sites is 4. The number of hydrogen-bond donors (Lipinski definition) is 6. The third kappa shape index (κ3) is 19.1. The van der Waals surface area contributed by atoms with E-state index in [2.05, 4.69) is 53.7 Å². The van der Waals surface area contributed by atoms with Crippen LogP contribution in [0.25, 0.3) is 43.6 Å². The Labute approximate surface area is 457 Å². The highest BCUT2D eigenvalue weighted by atomic mass is 16.7. The highest BCUT2D eigenvalue weighted by molar-refractivity contribution is 5.99. The van der Waals surface area contributed by atoms with Crippen molar-refractivity contribution in [1.82, 2.24) is 19.9 Å². The predicted octanol–water partition coefficient (Wildman–Crippen LogP) is 11.7. The van der Waals surface area contributed by atoms with E-state index in [1.165, 1.54) is 42.6 Å². The van der Waals surface area contributed by atoms with Gasteiger partial charge in [0.2, 0.25) is 0 Å². The van der Waals surface area contributed by atoms with E-state index in [-0.39, 0.29) is 36.6 Å². The fourth-order valence-electron chi connectivity index (χ4n) is 8.50. The Morgan fingerprint density at radius 1 is 0.620 bits per heavy atom. The van der Waals surface area contributed by atoms with Crippen molar-refractivity contribution in [3.05, 3.63) is 145 Å². The molecule has 4 aromatic carbocycles. The number of nitriles is 1. The van der Waals surface area contributed by atoms with Crippen molar-refractivity contribution in [3.63, 3.8) is 0 Å². The van der Waals surface area contributed by atoms with Gasteiger partial charge in [0, 0.05) is 110 Å². The van der Waals surface area contributed by atoms with Crippen LogP contribution in [0.15, 0.2) is 128 Å². The number of esters is 5. The Hall–Kier alpha value is -9.18. The number of benzene rings is 4. The number of carbonyl (C=O) groups excluding carboxylic acids is 5. The molecule has 0 saturated carbocycles. The summed E-state index contributed by atoms with van der Waals surface area (Å²) in [5, 5.41) is 28.1. The highest BCUT2D eigenvalue weighted by Gasteiger charge is 2.46. The number of aromatic amines is 4. The average Bonchev–Trinajstić information content (AvgIpc) is 4.22. The van der Waals surface area contributed by atoms with Crippen LogP contribution in [0.5, 0.6) is 0 Å². The van der Waals surface area contributed by atoms with Gasteiger partial charge in [-0.25, -0.2) is 0 Å². The predicted molar refractivity (Wildman–Crippen MR) is 297 cm³/mol. The van der Waals surface area contributed by atoms with Crippen molar-refractivity contribution in [3.8, 4) is 6.07 Å². The van der Waals surface area contributed by atoms with Crippen LogP contribution in [0.4, 0.5) is 0 Å². The Balaban J connectivity index is 0.000000212. The highest BCUT2D eigenvalue weighted by Crippen LogP contribution is 2.36. The van der Waals surface area contributed by atoms with Gasteiger partial charge in [-0.3, -0.25) is 33.6 Å². The first-order valence-electron chi connectivity index (χ1n) is 25.4. The molecular formula is C60H69N5O14. The van der Waals surface area contributed by atoms with Crippen LogP contribution in [0.1, 0.15) is 123 Å². The Morgan fingerprint density at radius 2 is 1.00 bits per heavy atom. The lowest BCUT2D eigenvalue weighted by molar-refractivity contribution is -0.241. The molecular weight excluding hydrogens is 1010 g/mol. The SMILES string of the molecule is CC#N.CC(=O)O.CC(CC(=O)O)c1c[nH]c2ccccc12.CC(c1c[nH]c2ccccc12)C1C(=O)OC(C)(C)OC1=O.CC1(C)OC(=O)CC(=O)O1.CCOC(=O)CC(C)c1c[nH]c2ccccc12.c1ccc2[nH]ccc2c1. The molecule has 2 fully saturated rings. The lowest BCUT2D eigenvalue weighted by Gasteiger charge is -2.34. The molecule has 8 aromatic rings. The van der Waals surface area contributed by atoms with E-state index in [1.807, 2.05) is 131 Å². The Kier molecular flexibility index (Phi) is 23.2. The van der Waals surface area contributed by atoms with Gasteiger partial charge in [0.1, 0.15) is 6.42 Å². The number of carboxylic acid groups (broad SMARTS) is 2. The largest absolute Gasteiger partial charge is 0.481 e. The van der Waals surface area contributed by atoms with E-state index in [4.69, 9.17) is 34.5 Å². The minimum Gasteiger partial charge on any atom is -0.481 e. The second-order valence-electron chi connectivity index (χ2n) is 19.1. The molecule has 2 saturated heterocycles. The minimum absolute atomic E-state index is 0.0404. The van der Waals surface area contributed by atoms with Gasteiger partial charge in [-0.15, -0.1) is 0 Å². The first-order chi connectivity index (χ1) is 37.4. The molecule has 6 heterocycles. The molecule has 3 atom stereocenters. The Morgan fingerprint density at radius 3 is 1.42 bits per heavy atom. The number of ether oxygens (including phenoxy) is 5. The number of carboxylic acids is 2. The van der Waals surface area contributed by atoms with E-state index in [1.54, 1.807) is 19.9 Å². The number of cyclic esters (lactones) is 4. The molecule has 418 valence electrons. The lowest BCUT2D eigenvalue weighted by Crippen LogP contribution is -2.47. The van der Waals surface area contributed by atoms with Crippen molar-refractivity contribution in [2.24, 2.45) is 5.92 Å². The summed E-state index contributed by atoms with van der Waals surface area (Å²) in [5.41, 5.74) is 7.50. The first kappa shape index (κ1) is 62.4. The van der Waals surface area contributed by atoms with Crippen molar-refractivity contribution in [2.75, 3.05) is 6.61 Å². The third-order valence-electron chi connectivity index (χ3n) is 11.8. The van der Waals surface area contributed by atoms with Crippen molar-refractivity contribution >= 4 is 85.4 Å². The fourth-order valence-corrected chi connectivity index (χ4v) is 8.50. The zero-order valence-electron chi connectivity index (χ0n) is 46.0. The molecule has 19 nitrogen and oxygen atoms in total. The molecule has 0 aliphatic carbocycles. The normalized spacial score (nSPS) is 15.1. The monoisotopic (exact) mass is 1080 g/mol. The minimum atomic E-state index is -1.19. The second kappa shape index (κ2) is 29.4. The van der Waals surface area contributed by atoms with E-state index in [0.29, 0.717) is 13.0 Å². The third-order valence-corrected chi connectivity index (χ3v) is 11.8. The van der Waals surface area contributed by atoms with Gasteiger partial charge in [-0.2, -0.15) is 5.26 Å². The summed E-state index contributed by atoms with van der Waals surface area (Å²) < 4.78 is 24.7. The smallest absolute Gasteiger partial charge is 0.324 e. The van der Waals surface area contributed by atoms with Gasteiger partial charge < -0.3 is 53.8 Å². The molecule has 79 heavy (non-hydrogen) atoms. The average molecular weight is 1080 g/mol. The van der Waals surface area contributed by atoms with Gasteiger partial charge in [-0.1, -0.05) is 93.6 Å². The molecule has 0 bridgehead atoms. The van der Waals surface area contributed by atoms with Crippen LogP contribution in [0.3, 0.4) is 0 Å². The maximum atomic E-state index is 12.2. The summed E-state index contributed by atoms with van der Waals surface area (Å²) in [6, 6.07) is 35.8. The molecule has 0 amide bonds. The van der Waals surface area contributed by atoms with Crippen LogP contribution < -0.4 is 0 Å². The second-order valence-corrected chi connectivity index (χ2v) is 19.1. The van der Waals surface area contributed by atoms with Gasteiger partial charge in [0.25, 0.3) is 17.5 Å². The molecule has 19 heteroatoms. The summed E-state index contributed by atoms with van der Waals surface area (Å²) in [6.07, 6.45) is 7.98. The molecule has 0 radical (unpaired) electrons. The van der Waals surface area contributed by atoms with Crippen molar-refractivity contribution in [1.29, 1.82) is 5.26 Å². The first-order valence-corrected chi connectivity index (χ1v) is 25.4. The van der Waals surface area contributed by atoms with Crippen LogP contribution in [0.2, 0.25) is 0 Å². The summed E-state index contributed by atoms with van der Waals surface area (Å²) >= 11 is 0. The van der Waals surface area contributed by atoms with Gasteiger partial charge in [0.05, 0.1) is 25.5 Å². The van der Waals surface area contributed by atoms with Crippen LogP contribution >= 0.6 is 0 Å². The van der Waals surface area contributed by atoms with Crippen molar-refractivity contribution in [2.45, 2.75) is 118 Å². The number of rotatable bonds is 9. The fraction of sp³-hybridized carbons (Fsp3) is 0.333. The maximum absolute atomic E-state index is 12.2. The summed E-state index contributed by atoms with van der Waals surface area (Å²) in [7, 11) is 0. The summed E-state index contributed by atoms with van der Waals surface area (Å²) in [6.45, 7) is 16.7. The van der Waals surface area contributed by atoms with Gasteiger partial charge in [0.15, 0.2) is 5.92 Å². The Bertz CT molecular complexity index is 3300. The molecule has 4 aromatic heterocycles. The number of hydrogen-bond acceptors (Lipinski definition) is 13. The van der Waals surface area contributed by atoms with E-state index in [0.717, 1.165) is 45.4 Å². The zero-order chi connectivity index (χ0) is 58.5. The quantitative estimate of drug-likeness (QED) is 0.0445.